The predicted molar refractivity (Wildman–Crippen MR) is 95.1 cm³/mol. The molecule has 3 nitrogen and oxygen atoms in total. The van der Waals surface area contributed by atoms with Crippen molar-refractivity contribution in [3.05, 3.63) is 46.0 Å². The number of fused-ring (bicyclic) bond motifs is 1. The molecule has 0 aromatic heterocycles. The highest BCUT2D eigenvalue weighted by Gasteiger charge is 2.35. The Kier molecular flexibility index (Phi) is 7.77. The molecule has 0 saturated carbocycles. The number of halogens is 1. The number of hydrazine groups is 1. The monoisotopic (exact) mass is 324 g/mol. The summed E-state index contributed by atoms with van der Waals surface area (Å²) < 4.78 is 5.44. The van der Waals surface area contributed by atoms with Gasteiger partial charge in [-0.1, -0.05) is 52.3 Å². The first-order chi connectivity index (χ1) is 10.7. The van der Waals surface area contributed by atoms with Crippen molar-refractivity contribution in [3.63, 3.8) is 0 Å². The molecule has 2 aliphatic rings. The van der Waals surface area contributed by atoms with E-state index < -0.39 is 0 Å². The molecule has 0 fully saturated rings. The molecule has 0 aromatic rings. The lowest BCUT2D eigenvalue weighted by molar-refractivity contribution is 0.144. The van der Waals surface area contributed by atoms with E-state index in [9.17, 15) is 0 Å². The number of hydrogen-bond acceptors (Lipinski definition) is 3. The second-order valence-corrected chi connectivity index (χ2v) is 5.31. The molecule has 1 unspecified atom stereocenters. The van der Waals surface area contributed by atoms with Gasteiger partial charge in [0.25, 0.3) is 0 Å². The molecule has 0 aliphatic carbocycles. The van der Waals surface area contributed by atoms with Gasteiger partial charge in [-0.2, -0.15) is 0 Å². The van der Waals surface area contributed by atoms with Gasteiger partial charge in [-0.05, 0) is 30.9 Å². The van der Waals surface area contributed by atoms with E-state index >= 15 is 0 Å². The minimum Gasteiger partial charge on any atom is -0.481 e. The Labute approximate surface area is 140 Å². The zero-order valence-electron chi connectivity index (χ0n) is 14.7. The van der Waals surface area contributed by atoms with Crippen LogP contribution in [-0.4, -0.2) is 18.2 Å². The van der Waals surface area contributed by atoms with Gasteiger partial charge in [0, 0.05) is 11.6 Å². The van der Waals surface area contributed by atoms with Crippen molar-refractivity contribution in [2.24, 2.45) is 0 Å². The lowest BCUT2D eigenvalue weighted by atomic mass is 9.96. The van der Waals surface area contributed by atoms with Gasteiger partial charge in [-0.25, -0.2) is 10.4 Å². The number of hydrogen-bond donors (Lipinski definition) is 1. The van der Waals surface area contributed by atoms with Crippen LogP contribution in [0.25, 0.3) is 0 Å². The van der Waals surface area contributed by atoms with Crippen LogP contribution in [0.3, 0.4) is 0 Å². The summed E-state index contributed by atoms with van der Waals surface area (Å²) in [7, 11) is 1.68. The molecule has 2 aliphatic heterocycles. The number of nitrogens with one attached hydrogen (secondary N) is 1. The highest BCUT2D eigenvalue weighted by Crippen LogP contribution is 2.39. The first-order valence-corrected chi connectivity index (χ1v) is 8.67. The average molecular weight is 325 g/mol. The Morgan fingerprint density at radius 3 is 2.50 bits per heavy atom. The quantitative estimate of drug-likeness (QED) is 0.748. The molecular weight excluding hydrogens is 296 g/mol. The molecule has 0 aromatic carbocycles. The van der Waals surface area contributed by atoms with Crippen molar-refractivity contribution < 1.29 is 4.74 Å². The van der Waals surface area contributed by atoms with Gasteiger partial charge in [0.1, 0.15) is 0 Å². The number of rotatable bonds is 5. The zero-order chi connectivity index (χ0) is 16.7. The fraction of sp³-hybridized carbons (Fsp3) is 0.556. The van der Waals surface area contributed by atoms with E-state index in [0.717, 1.165) is 35.9 Å². The standard InChI is InChI=1S/C16H23ClN2O.C2H6/c1-5-8-11(6-2)12-9-10-14(20-4)19-16(12)15(17)13(7-3)18-19;1-2/h8-10,13,18H,5-7H2,1-4H3;1-2H3/b11-8+;. The van der Waals surface area contributed by atoms with E-state index in [1.54, 1.807) is 7.11 Å². The second-order valence-electron chi connectivity index (χ2n) is 4.90. The van der Waals surface area contributed by atoms with Crippen LogP contribution in [0, 0.1) is 0 Å². The number of methoxy groups -OCH3 is 1. The lowest BCUT2D eigenvalue weighted by Crippen LogP contribution is -2.38. The van der Waals surface area contributed by atoms with Crippen molar-refractivity contribution >= 4 is 11.6 Å². The Morgan fingerprint density at radius 1 is 1.32 bits per heavy atom. The summed E-state index contributed by atoms with van der Waals surface area (Å²) in [6.45, 7) is 10.5. The largest absolute Gasteiger partial charge is 0.481 e. The third-order valence-corrected chi connectivity index (χ3v) is 4.15. The molecule has 22 heavy (non-hydrogen) atoms. The van der Waals surface area contributed by atoms with Gasteiger partial charge in [-0.15, -0.1) is 0 Å². The number of allylic oxidation sites excluding steroid dienone is 4. The van der Waals surface area contributed by atoms with Crippen LogP contribution < -0.4 is 5.43 Å². The molecule has 1 N–H and O–H groups in total. The molecule has 0 spiro atoms. The first kappa shape index (κ1) is 18.9. The van der Waals surface area contributed by atoms with Crippen molar-refractivity contribution in [2.45, 2.75) is 59.9 Å². The third kappa shape index (κ3) is 3.58. The minimum atomic E-state index is 0.159. The maximum absolute atomic E-state index is 6.59. The molecule has 0 bridgehead atoms. The fourth-order valence-corrected chi connectivity index (χ4v) is 3.05. The molecular formula is C18H29ClN2O. The van der Waals surface area contributed by atoms with Gasteiger partial charge in [-0.3, -0.25) is 0 Å². The molecule has 1 atom stereocenters. The molecule has 124 valence electrons. The van der Waals surface area contributed by atoms with Crippen molar-refractivity contribution in [3.8, 4) is 0 Å². The highest BCUT2D eigenvalue weighted by atomic mass is 35.5. The van der Waals surface area contributed by atoms with E-state index in [0.29, 0.717) is 0 Å². The van der Waals surface area contributed by atoms with E-state index in [1.165, 1.54) is 11.1 Å². The normalized spacial score (nSPS) is 21.0. The lowest BCUT2D eigenvalue weighted by Gasteiger charge is -2.29. The van der Waals surface area contributed by atoms with E-state index in [4.69, 9.17) is 16.3 Å². The van der Waals surface area contributed by atoms with Gasteiger partial charge in [0.2, 0.25) is 5.88 Å². The van der Waals surface area contributed by atoms with Gasteiger partial charge in [0.15, 0.2) is 0 Å². The maximum atomic E-state index is 6.59. The van der Waals surface area contributed by atoms with E-state index in [-0.39, 0.29) is 6.04 Å². The van der Waals surface area contributed by atoms with Crippen molar-refractivity contribution in [1.82, 2.24) is 10.4 Å². The predicted octanol–water partition coefficient (Wildman–Crippen LogP) is 5.24. The summed E-state index contributed by atoms with van der Waals surface area (Å²) in [5, 5.41) is 2.85. The van der Waals surface area contributed by atoms with Gasteiger partial charge < -0.3 is 4.74 Å². The van der Waals surface area contributed by atoms with Crippen LogP contribution in [0.5, 0.6) is 0 Å². The Morgan fingerprint density at radius 2 is 2.00 bits per heavy atom. The molecule has 0 saturated heterocycles. The molecule has 2 heterocycles. The summed E-state index contributed by atoms with van der Waals surface area (Å²) in [6, 6.07) is 0.159. The van der Waals surface area contributed by atoms with Crippen LogP contribution in [0.1, 0.15) is 53.9 Å². The summed E-state index contributed by atoms with van der Waals surface area (Å²) >= 11 is 6.59. The zero-order valence-corrected chi connectivity index (χ0v) is 15.4. The molecule has 0 radical (unpaired) electrons. The average Bonchev–Trinajstić information content (AvgIpc) is 2.91. The summed E-state index contributed by atoms with van der Waals surface area (Å²) in [5.74, 6) is 0.782. The summed E-state index contributed by atoms with van der Waals surface area (Å²) in [4.78, 5) is 0. The smallest absolute Gasteiger partial charge is 0.208 e. The molecule has 4 heteroatoms. The Hall–Kier alpha value is -1.19. The number of ether oxygens (including phenoxy) is 1. The van der Waals surface area contributed by atoms with Gasteiger partial charge in [0.05, 0.1) is 23.9 Å². The van der Waals surface area contributed by atoms with Crippen LogP contribution >= 0.6 is 11.6 Å². The van der Waals surface area contributed by atoms with Crippen molar-refractivity contribution in [2.75, 3.05) is 7.11 Å². The van der Waals surface area contributed by atoms with Crippen LogP contribution in [-0.2, 0) is 4.74 Å². The highest BCUT2D eigenvalue weighted by molar-refractivity contribution is 6.31. The minimum absolute atomic E-state index is 0.159. The summed E-state index contributed by atoms with van der Waals surface area (Å²) in [5.41, 5.74) is 6.98. The Balaban J connectivity index is 0.00000116. The first-order valence-electron chi connectivity index (χ1n) is 8.29. The van der Waals surface area contributed by atoms with Crippen molar-refractivity contribution in [1.29, 1.82) is 0 Å². The molecule has 0 amide bonds. The maximum Gasteiger partial charge on any atom is 0.208 e. The van der Waals surface area contributed by atoms with Gasteiger partial charge >= 0.3 is 0 Å². The molecule has 2 rings (SSSR count). The summed E-state index contributed by atoms with van der Waals surface area (Å²) in [6.07, 6.45) is 9.34. The van der Waals surface area contributed by atoms with Crippen LogP contribution in [0.2, 0.25) is 0 Å². The second kappa shape index (κ2) is 9.06. The fourth-order valence-electron chi connectivity index (χ4n) is 2.66. The van der Waals surface area contributed by atoms with E-state index in [1.807, 2.05) is 24.9 Å². The SMILES string of the molecule is CC.CC/C=C(\CC)C1=CC=C(OC)N2NC(CC)C(Cl)=C12. The van der Waals surface area contributed by atoms with E-state index in [2.05, 4.69) is 38.3 Å². The van der Waals surface area contributed by atoms with Crippen LogP contribution in [0.15, 0.2) is 46.0 Å². The third-order valence-electron chi connectivity index (χ3n) is 3.70. The van der Waals surface area contributed by atoms with Crippen LogP contribution in [0.4, 0.5) is 0 Å². The Bertz CT molecular complexity index is 503. The topological polar surface area (TPSA) is 24.5 Å². The number of nitrogens with zero attached hydrogens (tertiary/aromatic N) is 1.